The lowest BCUT2D eigenvalue weighted by molar-refractivity contribution is -0.201. The third-order valence-electron chi connectivity index (χ3n) is 5.01. The number of unbranched alkanes of at least 4 members (excludes halogenated alkanes) is 1. The van der Waals surface area contributed by atoms with Crippen molar-refractivity contribution in [2.45, 2.75) is 58.3 Å². The molecule has 4 rings (SSSR count). The van der Waals surface area contributed by atoms with Crippen LogP contribution in [0.4, 0.5) is 0 Å². The lowest BCUT2D eigenvalue weighted by Crippen LogP contribution is -2.59. The highest BCUT2D eigenvalue weighted by Gasteiger charge is 2.62. The second kappa shape index (κ2) is 6.44. The van der Waals surface area contributed by atoms with Gasteiger partial charge in [0.15, 0.2) is 0 Å². The van der Waals surface area contributed by atoms with E-state index in [1.54, 1.807) is 19.9 Å². The molecule has 4 atom stereocenters. The number of cyclic esters (lactones) is 1. The van der Waals surface area contributed by atoms with Gasteiger partial charge in [-0.2, -0.15) is 0 Å². The fourth-order valence-corrected chi connectivity index (χ4v) is 3.36. The van der Waals surface area contributed by atoms with E-state index in [0.717, 1.165) is 12.8 Å². The zero-order valence-electron chi connectivity index (χ0n) is 14.8. The van der Waals surface area contributed by atoms with Crippen molar-refractivity contribution < 1.29 is 33.3 Å². The van der Waals surface area contributed by atoms with Crippen LogP contribution in [0.1, 0.15) is 40.0 Å². The molecule has 3 aliphatic heterocycles. The lowest BCUT2D eigenvalue weighted by atomic mass is 9.73. The quantitative estimate of drug-likeness (QED) is 0.235. The van der Waals surface area contributed by atoms with E-state index in [0.29, 0.717) is 13.0 Å². The standard InChI is InChI=1S/C18H24O7/c1-4-5-8-22-12-9-11-6-7-18(12,15(20)24-11)16(21)25-13-14(19)23-10-17(13,2)3/h6-7,11-13H,4-5,8-10H2,1-3H3/t11?,12?,13-,18?/m0/s1. The number of ether oxygens (including phenoxy) is 4. The monoisotopic (exact) mass is 352 g/mol. The number of fused-ring (bicyclic) bond motifs is 2. The molecule has 0 spiro atoms. The van der Waals surface area contributed by atoms with Gasteiger partial charge in [0.05, 0.1) is 6.10 Å². The Morgan fingerprint density at radius 3 is 2.72 bits per heavy atom. The summed E-state index contributed by atoms with van der Waals surface area (Å²) in [6.45, 7) is 6.18. The van der Waals surface area contributed by atoms with Crippen molar-refractivity contribution in [1.82, 2.24) is 0 Å². The molecule has 7 heteroatoms. The normalized spacial score (nSPS) is 35.4. The molecular formula is C18H24O7. The highest BCUT2D eigenvalue weighted by molar-refractivity contribution is 6.05. The van der Waals surface area contributed by atoms with Crippen molar-refractivity contribution >= 4 is 17.9 Å². The topological polar surface area (TPSA) is 88.1 Å². The third-order valence-corrected chi connectivity index (χ3v) is 5.01. The Kier molecular flexibility index (Phi) is 4.62. The van der Waals surface area contributed by atoms with Gasteiger partial charge in [-0.05, 0) is 12.5 Å². The fraction of sp³-hybridized carbons (Fsp3) is 0.722. The minimum atomic E-state index is -1.65. The molecule has 0 amide bonds. The van der Waals surface area contributed by atoms with Gasteiger partial charge in [0, 0.05) is 18.4 Å². The van der Waals surface area contributed by atoms with Crippen LogP contribution >= 0.6 is 0 Å². The Morgan fingerprint density at radius 1 is 1.36 bits per heavy atom. The highest BCUT2D eigenvalue weighted by Crippen LogP contribution is 2.44. The van der Waals surface area contributed by atoms with Gasteiger partial charge in [0.1, 0.15) is 12.7 Å². The minimum absolute atomic E-state index is 0.162. The second-order valence-electron chi connectivity index (χ2n) is 7.50. The summed E-state index contributed by atoms with van der Waals surface area (Å²) in [6, 6.07) is 0. The van der Waals surface area contributed by atoms with Gasteiger partial charge in [-0.1, -0.05) is 33.3 Å². The van der Waals surface area contributed by atoms with E-state index in [-0.39, 0.29) is 12.7 Å². The molecule has 138 valence electrons. The van der Waals surface area contributed by atoms with Crippen LogP contribution in [0.3, 0.4) is 0 Å². The average Bonchev–Trinajstić information content (AvgIpc) is 2.82. The SMILES string of the molecule is CCCCOC1CC2C=CC1(C(=O)O[C@H]1C(=O)OCC1(C)C)C(=O)O2. The largest absolute Gasteiger partial charge is 0.462 e. The van der Waals surface area contributed by atoms with E-state index < -0.39 is 40.9 Å². The number of hydrogen-bond donors (Lipinski definition) is 0. The number of carbonyl (C=O) groups excluding carboxylic acids is 3. The predicted molar refractivity (Wildman–Crippen MR) is 85.3 cm³/mol. The summed E-state index contributed by atoms with van der Waals surface area (Å²) in [5.74, 6) is -2.09. The summed E-state index contributed by atoms with van der Waals surface area (Å²) in [4.78, 5) is 37.4. The zero-order chi connectivity index (χ0) is 18.2. The van der Waals surface area contributed by atoms with Crippen LogP contribution in [0.5, 0.6) is 0 Å². The second-order valence-corrected chi connectivity index (χ2v) is 7.50. The maximum atomic E-state index is 13.0. The first kappa shape index (κ1) is 17.9. The average molecular weight is 352 g/mol. The summed E-state index contributed by atoms with van der Waals surface area (Å²) in [5.41, 5.74) is -2.30. The molecule has 25 heavy (non-hydrogen) atoms. The van der Waals surface area contributed by atoms with Crippen molar-refractivity contribution in [2.24, 2.45) is 10.8 Å². The van der Waals surface area contributed by atoms with Crippen LogP contribution in [0, 0.1) is 10.8 Å². The first-order valence-corrected chi connectivity index (χ1v) is 8.71. The van der Waals surface area contributed by atoms with Gasteiger partial charge in [-0.25, -0.2) is 4.79 Å². The van der Waals surface area contributed by atoms with Gasteiger partial charge in [-0.15, -0.1) is 0 Å². The molecule has 0 aromatic carbocycles. The lowest BCUT2D eigenvalue weighted by Gasteiger charge is -2.44. The van der Waals surface area contributed by atoms with Crippen molar-refractivity contribution in [3.8, 4) is 0 Å². The Bertz CT molecular complexity index is 609. The predicted octanol–water partition coefficient (Wildman–Crippen LogP) is 1.54. The van der Waals surface area contributed by atoms with Crippen molar-refractivity contribution in [3.05, 3.63) is 12.2 Å². The molecule has 1 aliphatic carbocycles. The number of hydrogen-bond acceptors (Lipinski definition) is 7. The molecule has 0 aromatic heterocycles. The Morgan fingerprint density at radius 2 is 2.12 bits per heavy atom. The molecule has 3 unspecified atom stereocenters. The van der Waals surface area contributed by atoms with E-state index in [1.165, 1.54) is 6.08 Å². The van der Waals surface area contributed by atoms with E-state index in [4.69, 9.17) is 18.9 Å². The molecule has 0 saturated carbocycles. The number of esters is 3. The van der Waals surface area contributed by atoms with Crippen LogP contribution in [0.15, 0.2) is 12.2 Å². The minimum Gasteiger partial charge on any atom is -0.462 e. The molecule has 0 radical (unpaired) electrons. The molecule has 2 bridgehead atoms. The van der Waals surface area contributed by atoms with Crippen LogP contribution in [-0.4, -0.2) is 49.4 Å². The van der Waals surface area contributed by atoms with Gasteiger partial charge >= 0.3 is 17.9 Å². The van der Waals surface area contributed by atoms with Gasteiger partial charge < -0.3 is 18.9 Å². The first-order chi connectivity index (χ1) is 11.8. The Hall–Kier alpha value is -1.89. The van der Waals surface area contributed by atoms with Gasteiger partial charge in [-0.3, -0.25) is 9.59 Å². The number of rotatable bonds is 6. The Balaban J connectivity index is 1.83. The molecule has 2 saturated heterocycles. The summed E-state index contributed by atoms with van der Waals surface area (Å²) >= 11 is 0. The molecule has 0 N–H and O–H groups in total. The third kappa shape index (κ3) is 2.94. The van der Waals surface area contributed by atoms with Crippen LogP contribution < -0.4 is 0 Å². The van der Waals surface area contributed by atoms with Gasteiger partial charge in [0.25, 0.3) is 0 Å². The maximum absolute atomic E-state index is 13.0. The highest BCUT2D eigenvalue weighted by atomic mass is 16.6. The molecule has 4 aliphatic rings. The molecule has 0 aromatic rings. The van der Waals surface area contributed by atoms with Gasteiger partial charge in [0.2, 0.25) is 11.5 Å². The van der Waals surface area contributed by atoms with E-state index in [2.05, 4.69) is 0 Å². The summed E-state index contributed by atoms with van der Waals surface area (Å²) in [5, 5.41) is 0. The van der Waals surface area contributed by atoms with Crippen LogP contribution in [0.2, 0.25) is 0 Å². The van der Waals surface area contributed by atoms with Crippen molar-refractivity contribution in [2.75, 3.05) is 13.2 Å². The fourth-order valence-electron chi connectivity index (χ4n) is 3.36. The number of carbonyl (C=O) groups is 3. The maximum Gasteiger partial charge on any atom is 0.348 e. The van der Waals surface area contributed by atoms with Crippen molar-refractivity contribution in [1.29, 1.82) is 0 Å². The summed E-state index contributed by atoms with van der Waals surface area (Å²) < 4.78 is 21.5. The van der Waals surface area contributed by atoms with E-state index in [9.17, 15) is 14.4 Å². The Labute approximate surface area is 146 Å². The molecular weight excluding hydrogens is 328 g/mol. The van der Waals surface area contributed by atoms with E-state index >= 15 is 0 Å². The van der Waals surface area contributed by atoms with Crippen LogP contribution in [-0.2, 0) is 33.3 Å². The summed E-state index contributed by atoms with van der Waals surface area (Å²) in [7, 11) is 0. The molecule has 7 nitrogen and oxygen atoms in total. The zero-order valence-corrected chi connectivity index (χ0v) is 14.8. The molecule has 2 fully saturated rings. The van der Waals surface area contributed by atoms with E-state index in [1.807, 2.05) is 6.92 Å². The smallest absolute Gasteiger partial charge is 0.348 e. The van der Waals surface area contributed by atoms with Crippen molar-refractivity contribution in [3.63, 3.8) is 0 Å². The first-order valence-electron chi connectivity index (χ1n) is 8.71. The summed E-state index contributed by atoms with van der Waals surface area (Å²) in [6.07, 6.45) is 3.28. The van der Waals surface area contributed by atoms with Crippen LogP contribution in [0.25, 0.3) is 0 Å². The molecule has 3 heterocycles.